The molecule has 9 heteroatoms. The van der Waals surface area contributed by atoms with Gasteiger partial charge in [-0.1, -0.05) is 18.2 Å². The van der Waals surface area contributed by atoms with Gasteiger partial charge in [0, 0.05) is 12.4 Å². The highest BCUT2D eigenvalue weighted by molar-refractivity contribution is 6.11. The maximum Gasteiger partial charge on any atom is 0.322 e. The van der Waals surface area contributed by atoms with E-state index in [4.69, 9.17) is 5.11 Å². The molecule has 0 aliphatic rings. The molecule has 3 N–H and O–H groups in total. The topological polar surface area (TPSA) is 139 Å². The number of benzene rings is 1. The van der Waals surface area contributed by atoms with Gasteiger partial charge in [-0.3, -0.25) is 19.2 Å². The summed E-state index contributed by atoms with van der Waals surface area (Å²) in [5.74, 6) is -3.00. The fraction of sp³-hybridized carbons (Fsp3) is 0.0952. The number of carbonyl (C=O) groups excluding carboxylic acids is 2. The van der Waals surface area contributed by atoms with Crippen molar-refractivity contribution in [2.45, 2.75) is 0 Å². The second-order valence-electron chi connectivity index (χ2n) is 6.33. The molecule has 0 radical (unpaired) electrons. The van der Waals surface area contributed by atoms with Gasteiger partial charge in [-0.05, 0) is 36.4 Å². The monoisotopic (exact) mass is 407 g/mol. The van der Waals surface area contributed by atoms with E-state index in [1.165, 1.54) is 35.9 Å². The van der Waals surface area contributed by atoms with Crippen molar-refractivity contribution < 1.29 is 24.6 Å². The molecule has 152 valence electrons. The number of para-hydroxylation sites is 1. The number of hydrogen-bond donors (Lipinski definition) is 3. The van der Waals surface area contributed by atoms with Crippen molar-refractivity contribution in [2.24, 2.45) is 7.05 Å². The zero-order chi connectivity index (χ0) is 21.8. The number of fused-ring (bicyclic) bond motifs is 1. The highest BCUT2D eigenvalue weighted by atomic mass is 16.4. The third-order valence-corrected chi connectivity index (χ3v) is 4.33. The Morgan fingerprint density at radius 3 is 2.60 bits per heavy atom. The van der Waals surface area contributed by atoms with Crippen LogP contribution in [0.3, 0.4) is 0 Å². The van der Waals surface area contributed by atoms with E-state index in [0.29, 0.717) is 10.9 Å². The third kappa shape index (κ3) is 4.09. The van der Waals surface area contributed by atoms with Crippen LogP contribution >= 0.6 is 0 Å². The Labute approximate surface area is 169 Å². The molecule has 0 fully saturated rings. The summed E-state index contributed by atoms with van der Waals surface area (Å²) < 4.78 is 1.28. The zero-order valence-electron chi connectivity index (χ0n) is 15.8. The molecule has 1 amide bonds. The first-order valence-electron chi connectivity index (χ1n) is 8.79. The van der Waals surface area contributed by atoms with E-state index in [1.807, 2.05) is 0 Å². The number of nitrogens with one attached hydrogen (secondary N) is 1. The smallest absolute Gasteiger partial charge is 0.322 e. The van der Waals surface area contributed by atoms with Crippen LogP contribution in [-0.2, 0) is 11.8 Å². The summed E-state index contributed by atoms with van der Waals surface area (Å²) in [7, 11) is 1.51. The number of aromatic hydroxyl groups is 1. The molecule has 9 nitrogen and oxygen atoms in total. The highest BCUT2D eigenvalue weighted by Crippen LogP contribution is 2.26. The number of allylic oxidation sites excluding steroid dienone is 1. The van der Waals surface area contributed by atoms with Gasteiger partial charge in [0.05, 0.1) is 11.2 Å². The SMILES string of the molecule is Cn1c(=O)c(C(=O)/C=C/c2cccc(C(=O)NCC(=O)O)n2)c(O)c2ccccc21. The second-order valence-corrected chi connectivity index (χ2v) is 6.33. The van der Waals surface area contributed by atoms with Crippen molar-refractivity contribution in [2.75, 3.05) is 6.54 Å². The van der Waals surface area contributed by atoms with Crippen molar-refractivity contribution in [1.29, 1.82) is 0 Å². The molecule has 0 aliphatic carbocycles. The normalized spacial score (nSPS) is 11.0. The molecule has 2 heterocycles. The number of carboxylic acid groups (broad SMARTS) is 1. The summed E-state index contributed by atoms with van der Waals surface area (Å²) in [6.45, 7) is -0.552. The van der Waals surface area contributed by atoms with E-state index in [1.54, 1.807) is 24.3 Å². The Hall–Kier alpha value is -4.27. The van der Waals surface area contributed by atoms with Crippen molar-refractivity contribution in [1.82, 2.24) is 14.9 Å². The molecule has 0 unspecified atom stereocenters. The van der Waals surface area contributed by atoms with E-state index < -0.39 is 35.5 Å². The van der Waals surface area contributed by atoms with E-state index in [0.717, 1.165) is 6.08 Å². The summed E-state index contributed by atoms with van der Waals surface area (Å²) in [6.07, 6.45) is 2.37. The number of aromatic nitrogens is 2. The average molecular weight is 407 g/mol. The first kappa shape index (κ1) is 20.5. The number of carboxylic acids is 1. The molecule has 0 saturated heterocycles. The van der Waals surface area contributed by atoms with Gasteiger partial charge in [-0.25, -0.2) is 4.98 Å². The number of nitrogens with zero attached hydrogens (tertiary/aromatic N) is 2. The first-order valence-corrected chi connectivity index (χ1v) is 8.79. The predicted octanol–water partition coefficient (Wildman–Crippen LogP) is 1.35. The van der Waals surface area contributed by atoms with Crippen LogP contribution in [0.5, 0.6) is 5.75 Å². The Kier molecular flexibility index (Phi) is 5.73. The van der Waals surface area contributed by atoms with Crippen molar-refractivity contribution >= 4 is 34.6 Å². The number of hydrogen-bond acceptors (Lipinski definition) is 6. The molecule has 0 saturated carbocycles. The van der Waals surface area contributed by atoms with Gasteiger partial charge in [0.2, 0.25) is 0 Å². The lowest BCUT2D eigenvalue weighted by Crippen LogP contribution is -2.29. The van der Waals surface area contributed by atoms with Crippen LogP contribution in [0.4, 0.5) is 0 Å². The number of amides is 1. The molecule has 0 aliphatic heterocycles. The van der Waals surface area contributed by atoms with Crippen molar-refractivity contribution in [3.63, 3.8) is 0 Å². The lowest BCUT2D eigenvalue weighted by Gasteiger charge is -2.09. The number of aryl methyl sites for hydroxylation is 1. The molecule has 30 heavy (non-hydrogen) atoms. The second kappa shape index (κ2) is 8.39. The maximum absolute atomic E-state index is 12.6. The zero-order valence-corrected chi connectivity index (χ0v) is 15.8. The lowest BCUT2D eigenvalue weighted by atomic mass is 10.1. The fourth-order valence-electron chi connectivity index (χ4n) is 2.86. The largest absolute Gasteiger partial charge is 0.506 e. The molecular formula is C21H17N3O6. The predicted molar refractivity (Wildman–Crippen MR) is 108 cm³/mol. The minimum atomic E-state index is -1.19. The van der Waals surface area contributed by atoms with Crippen molar-refractivity contribution in [3.8, 4) is 5.75 Å². The van der Waals surface area contributed by atoms with Crippen molar-refractivity contribution in [3.05, 3.63) is 75.8 Å². The Morgan fingerprint density at radius 2 is 1.87 bits per heavy atom. The Bertz CT molecular complexity index is 1260. The molecule has 3 aromatic rings. The fourth-order valence-corrected chi connectivity index (χ4v) is 2.86. The van der Waals surface area contributed by atoms with Gasteiger partial charge < -0.3 is 20.1 Å². The van der Waals surface area contributed by atoms with Gasteiger partial charge in [0.15, 0.2) is 5.78 Å². The number of carbonyl (C=O) groups is 3. The molecule has 1 aromatic carbocycles. The van der Waals surface area contributed by atoms with Crippen LogP contribution in [0.25, 0.3) is 17.0 Å². The number of pyridine rings is 2. The van der Waals surface area contributed by atoms with E-state index in [2.05, 4.69) is 10.3 Å². The van der Waals surface area contributed by atoms with Crippen LogP contribution in [0.1, 0.15) is 26.5 Å². The van der Waals surface area contributed by atoms with Crippen LogP contribution in [-0.4, -0.2) is 44.0 Å². The Morgan fingerprint density at radius 1 is 1.13 bits per heavy atom. The summed E-state index contributed by atoms with van der Waals surface area (Å²) in [5, 5.41) is 21.6. The molecule has 2 aromatic heterocycles. The minimum Gasteiger partial charge on any atom is -0.506 e. The average Bonchev–Trinajstić information content (AvgIpc) is 2.74. The number of ketones is 1. The molecule has 3 rings (SSSR count). The van der Waals surface area contributed by atoms with E-state index in [9.17, 15) is 24.3 Å². The van der Waals surface area contributed by atoms with Gasteiger partial charge in [0.1, 0.15) is 23.6 Å². The summed E-state index contributed by atoms with van der Waals surface area (Å²) in [4.78, 5) is 51.7. The molecule has 0 bridgehead atoms. The Balaban J connectivity index is 1.90. The van der Waals surface area contributed by atoms with Crippen LogP contribution in [0, 0.1) is 0 Å². The molecule has 0 atom stereocenters. The van der Waals surface area contributed by atoms with Gasteiger partial charge in [0.25, 0.3) is 11.5 Å². The molecular weight excluding hydrogens is 390 g/mol. The maximum atomic E-state index is 12.6. The summed E-state index contributed by atoms with van der Waals surface area (Å²) in [6, 6.07) is 11.1. The third-order valence-electron chi connectivity index (χ3n) is 4.33. The summed E-state index contributed by atoms with van der Waals surface area (Å²) in [5.41, 5.74) is -0.320. The van der Waals surface area contributed by atoms with Gasteiger partial charge >= 0.3 is 5.97 Å². The van der Waals surface area contributed by atoms with E-state index in [-0.39, 0.29) is 17.0 Å². The quantitative estimate of drug-likeness (QED) is 0.414. The highest BCUT2D eigenvalue weighted by Gasteiger charge is 2.19. The van der Waals surface area contributed by atoms with E-state index >= 15 is 0 Å². The first-order chi connectivity index (χ1) is 14.3. The van der Waals surface area contributed by atoms with Crippen LogP contribution in [0.15, 0.2) is 53.3 Å². The van der Waals surface area contributed by atoms with Crippen LogP contribution in [0.2, 0.25) is 0 Å². The summed E-state index contributed by atoms with van der Waals surface area (Å²) >= 11 is 0. The van der Waals surface area contributed by atoms with Gasteiger partial charge in [-0.2, -0.15) is 0 Å². The lowest BCUT2D eigenvalue weighted by molar-refractivity contribution is -0.135. The standard InChI is InChI=1S/C21H17N3O6/c1-24-15-8-3-2-6-13(15)19(28)18(21(24)30)16(25)10-9-12-5-4-7-14(23-12)20(29)22-11-17(26)27/h2-10,28H,11H2,1H3,(H,22,29)(H,26,27)/b10-9+. The number of aliphatic carboxylic acids is 1. The van der Waals surface area contributed by atoms with Gasteiger partial charge in [-0.15, -0.1) is 0 Å². The molecule has 0 spiro atoms. The number of rotatable bonds is 6. The van der Waals surface area contributed by atoms with Crippen LogP contribution < -0.4 is 10.9 Å². The minimum absolute atomic E-state index is 0.0321.